The average Bonchev–Trinajstić information content (AvgIpc) is 2.30. The molecule has 0 N–H and O–H groups in total. The first-order valence-electron chi connectivity index (χ1n) is 4.93. The first-order valence-corrected chi connectivity index (χ1v) is 4.93. The Bertz CT molecular complexity index is 361. The number of hydrogen-bond donors (Lipinski definition) is 0. The molecule has 1 aliphatic rings. The molecule has 0 radical (unpaired) electrons. The Morgan fingerprint density at radius 2 is 2.13 bits per heavy atom. The number of nitro benzene ring substituents is 1. The molecule has 0 aromatic heterocycles. The van der Waals surface area contributed by atoms with E-state index in [4.69, 9.17) is 4.84 Å². The van der Waals surface area contributed by atoms with Gasteiger partial charge in [-0.3, -0.25) is 15.0 Å². The molecule has 2 rings (SSSR count). The minimum Gasteiger partial charge on any atom is -0.273 e. The predicted molar refractivity (Wildman–Crippen MR) is 55.6 cm³/mol. The van der Waals surface area contributed by atoms with Crippen molar-refractivity contribution in [2.75, 3.05) is 18.2 Å². The Kier molecular flexibility index (Phi) is 2.82. The molecule has 1 aromatic rings. The van der Waals surface area contributed by atoms with E-state index in [0.717, 1.165) is 12.8 Å². The zero-order chi connectivity index (χ0) is 10.7. The maximum Gasteiger partial charge on any atom is 0.294 e. The van der Waals surface area contributed by atoms with Gasteiger partial charge in [-0.05, 0) is 18.9 Å². The van der Waals surface area contributed by atoms with Crippen LogP contribution in [0, 0.1) is 10.1 Å². The van der Waals surface area contributed by atoms with Crippen molar-refractivity contribution in [3.05, 3.63) is 34.4 Å². The second kappa shape index (κ2) is 4.27. The Hall–Kier alpha value is -1.62. The van der Waals surface area contributed by atoms with Gasteiger partial charge in [0.15, 0.2) is 0 Å². The second-order valence-electron chi connectivity index (χ2n) is 3.39. The molecule has 15 heavy (non-hydrogen) atoms. The zero-order valence-electron chi connectivity index (χ0n) is 8.26. The van der Waals surface area contributed by atoms with Crippen LogP contribution < -0.4 is 5.06 Å². The Morgan fingerprint density at radius 3 is 2.80 bits per heavy atom. The monoisotopic (exact) mass is 208 g/mol. The van der Waals surface area contributed by atoms with Crippen LogP contribution in [0.15, 0.2) is 24.3 Å². The molecule has 5 heteroatoms. The molecule has 0 amide bonds. The van der Waals surface area contributed by atoms with Gasteiger partial charge in [0.25, 0.3) is 5.69 Å². The summed E-state index contributed by atoms with van der Waals surface area (Å²) in [6.07, 6.45) is 2.02. The SMILES string of the molecule is O=[N+]([O-])c1ccccc1N1CCCCO1. The van der Waals surface area contributed by atoms with Gasteiger partial charge >= 0.3 is 0 Å². The number of para-hydroxylation sites is 2. The van der Waals surface area contributed by atoms with Gasteiger partial charge in [0.05, 0.1) is 11.5 Å². The third-order valence-corrected chi connectivity index (χ3v) is 2.35. The Balaban J connectivity index is 2.29. The van der Waals surface area contributed by atoms with E-state index in [0.29, 0.717) is 18.8 Å². The van der Waals surface area contributed by atoms with Crippen molar-refractivity contribution in [3.63, 3.8) is 0 Å². The van der Waals surface area contributed by atoms with Crippen molar-refractivity contribution >= 4 is 11.4 Å². The first-order chi connectivity index (χ1) is 7.29. The molecular formula is C10H12N2O3. The van der Waals surface area contributed by atoms with Gasteiger partial charge in [-0.25, -0.2) is 5.06 Å². The number of hydroxylamine groups is 1. The summed E-state index contributed by atoms with van der Waals surface area (Å²) in [6, 6.07) is 6.64. The molecule has 0 atom stereocenters. The molecule has 80 valence electrons. The summed E-state index contributed by atoms with van der Waals surface area (Å²) in [5.74, 6) is 0. The fourth-order valence-corrected chi connectivity index (χ4v) is 1.62. The van der Waals surface area contributed by atoms with Crippen LogP contribution in [-0.4, -0.2) is 18.1 Å². The predicted octanol–water partition coefficient (Wildman–Crippen LogP) is 2.13. The van der Waals surface area contributed by atoms with Gasteiger partial charge in [0, 0.05) is 12.6 Å². The van der Waals surface area contributed by atoms with Crippen molar-refractivity contribution in [1.82, 2.24) is 0 Å². The lowest BCUT2D eigenvalue weighted by atomic mass is 10.2. The fourth-order valence-electron chi connectivity index (χ4n) is 1.62. The van der Waals surface area contributed by atoms with Crippen molar-refractivity contribution in [2.45, 2.75) is 12.8 Å². The highest BCUT2D eigenvalue weighted by atomic mass is 16.7. The van der Waals surface area contributed by atoms with Crippen molar-refractivity contribution in [3.8, 4) is 0 Å². The molecule has 1 heterocycles. The summed E-state index contributed by atoms with van der Waals surface area (Å²) in [4.78, 5) is 15.8. The summed E-state index contributed by atoms with van der Waals surface area (Å²) < 4.78 is 0. The molecule has 0 bridgehead atoms. The standard InChI is InChI=1S/C10H12N2O3/c13-12(14)10-6-2-1-5-9(10)11-7-3-4-8-15-11/h1-2,5-6H,3-4,7-8H2. The lowest BCUT2D eigenvalue weighted by Gasteiger charge is -2.27. The van der Waals surface area contributed by atoms with E-state index in [2.05, 4.69) is 0 Å². The lowest BCUT2D eigenvalue weighted by Crippen LogP contribution is -2.30. The third-order valence-electron chi connectivity index (χ3n) is 2.35. The molecular weight excluding hydrogens is 196 g/mol. The van der Waals surface area contributed by atoms with Crippen molar-refractivity contribution in [2.24, 2.45) is 0 Å². The van der Waals surface area contributed by atoms with Gasteiger partial charge in [-0.2, -0.15) is 0 Å². The van der Waals surface area contributed by atoms with Gasteiger partial charge in [0.1, 0.15) is 5.69 Å². The summed E-state index contributed by atoms with van der Waals surface area (Å²) >= 11 is 0. The second-order valence-corrected chi connectivity index (χ2v) is 3.39. The minimum atomic E-state index is -0.382. The highest BCUT2D eigenvalue weighted by Crippen LogP contribution is 2.29. The molecule has 5 nitrogen and oxygen atoms in total. The van der Waals surface area contributed by atoms with Crippen LogP contribution in [0.4, 0.5) is 11.4 Å². The van der Waals surface area contributed by atoms with Crippen molar-refractivity contribution in [1.29, 1.82) is 0 Å². The van der Waals surface area contributed by atoms with E-state index >= 15 is 0 Å². The van der Waals surface area contributed by atoms with Gasteiger partial charge < -0.3 is 0 Å². The molecule has 0 spiro atoms. The topological polar surface area (TPSA) is 55.6 Å². The summed E-state index contributed by atoms with van der Waals surface area (Å²) in [7, 11) is 0. The molecule has 1 aliphatic heterocycles. The minimum absolute atomic E-state index is 0.0967. The van der Waals surface area contributed by atoms with Crippen LogP contribution in [0.2, 0.25) is 0 Å². The average molecular weight is 208 g/mol. The lowest BCUT2D eigenvalue weighted by molar-refractivity contribution is -0.384. The molecule has 0 saturated carbocycles. The zero-order valence-corrected chi connectivity index (χ0v) is 8.26. The van der Waals surface area contributed by atoms with Crippen LogP contribution in [0.25, 0.3) is 0 Å². The fraction of sp³-hybridized carbons (Fsp3) is 0.400. The number of anilines is 1. The van der Waals surface area contributed by atoms with E-state index < -0.39 is 0 Å². The number of rotatable bonds is 2. The Labute approximate surface area is 87.4 Å². The van der Waals surface area contributed by atoms with Gasteiger partial charge in [-0.1, -0.05) is 12.1 Å². The Morgan fingerprint density at radius 1 is 1.33 bits per heavy atom. The highest BCUT2D eigenvalue weighted by Gasteiger charge is 2.20. The third kappa shape index (κ3) is 2.07. The van der Waals surface area contributed by atoms with E-state index in [1.165, 1.54) is 6.07 Å². The van der Waals surface area contributed by atoms with E-state index in [9.17, 15) is 10.1 Å². The maximum absolute atomic E-state index is 10.8. The summed E-state index contributed by atoms with van der Waals surface area (Å²) in [5, 5.41) is 12.4. The quantitative estimate of drug-likeness (QED) is 0.551. The summed E-state index contributed by atoms with van der Waals surface area (Å²) in [5.41, 5.74) is 0.640. The number of nitrogens with zero attached hydrogens (tertiary/aromatic N) is 2. The molecule has 1 saturated heterocycles. The smallest absolute Gasteiger partial charge is 0.273 e. The maximum atomic E-state index is 10.8. The van der Waals surface area contributed by atoms with Crippen LogP contribution >= 0.6 is 0 Å². The van der Waals surface area contributed by atoms with E-state index in [1.807, 2.05) is 0 Å². The van der Waals surface area contributed by atoms with E-state index in [-0.39, 0.29) is 10.6 Å². The van der Waals surface area contributed by atoms with Gasteiger partial charge in [-0.15, -0.1) is 0 Å². The van der Waals surface area contributed by atoms with Crippen LogP contribution in [0.5, 0.6) is 0 Å². The van der Waals surface area contributed by atoms with Gasteiger partial charge in [0.2, 0.25) is 0 Å². The highest BCUT2D eigenvalue weighted by molar-refractivity contribution is 5.61. The number of benzene rings is 1. The summed E-state index contributed by atoms with van der Waals surface area (Å²) in [6.45, 7) is 1.34. The number of hydrogen-bond acceptors (Lipinski definition) is 4. The van der Waals surface area contributed by atoms with Crippen LogP contribution in [-0.2, 0) is 4.84 Å². The molecule has 1 aromatic carbocycles. The first kappa shape index (κ1) is 9.92. The van der Waals surface area contributed by atoms with E-state index in [1.54, 1.807) is 23.3 Å². The molecule has 0 aliphatic carbocycles. The normalized spacial score (nSPS) is 16.4. The molecule has 0 unspecified atom stereocenters. The van der Waals surface area contributed by atoms with Crippen LogP contribution in [0.3, 0.4) is 0 Å². The largest absolute Gasteiger partial charge is 0.294 e. The van der Waals surface area contributed by atoms with Crippen LogP contribution in [0.1, 0.15) is 12.8 Å². The van der Waals surface area contributed by atoms with Crippen molar-refractivity contribution < 1.29 is 9.76 Å². The molecule has 1 fully saturated rings. The number of nitro groups is 1.